The molecule has 0 spiro atoms. The molecule has 0 aliphatic carbocycles. The molecule has 1 saturated heterocycles. The molecule has 0 bridgehead atoms. The molecule has 0 aromatic heterocycles. The first kappa shape index (κ1) is 17.3. The van der Waals surface area contributed by atoms with E-state index in [1.165, 1.54) is 12.1 Å². The van der Waals surface area contributed by atoms with Crippen LogP contribution in [0.1, 0.15) is 31.2 Å². The zero-order valence-electron chi connectivity index (χ0n) is 13.2. The molecule has 130 valence electrons. The fourth-order valence-electron chi connectivity index (χ4n) is 2.99. The van der Waals surface area contributed by atoms with E-state index in [0.29, 0.717) is 18.5 Å². The highest BCUT2D eigenvalue weighted by atomic mass is 32.2. The van der Waals surface area contributed by atoms with Crippen LogP contribution < -0.4 is 10.0 Å². The third kappa shape index (κ3) is 4.10. The van der Waals surface area contributed by atoms with Crippen molar-refractivity contribution in [2.45, 2.75) is 37.0 Å². The highest BCUT2D eigenvalue weighted by Crippen LogP contribution is 2.27. The number of rotatable bonds is 4. The summed E-state index contributed by atoms with van der Waals surface area (Å²) in [5.74, 6) is 1.80. The number of anilines is 1. The first-order valence-electron chi connectivity index (χ1n) is 8.00. The second-order valence-corrected chi connectivity index (χ2v) is 9.06. The Morgan fingerprint density at radius 1 is 1.25 bits per heavy atom. The SMILES string of the molecule is O=C1CCc2cc(S(=O)(=O)NC(=O)CC3CCSCC3)ccc2N1. The average Bonchev–Trinajstić information content (AvgIpc) is 2.54. The standard InChI is InChI=1S/C16H20N2O4S2/c19-15-4-1-12-10-13(2-3-14(12)17-15)24(21,22)18-16(20)9-11-5-7-23-8-6-11/h2-3,10-11H,1,4-9H2,(H,17,19)(H,18,20). The number of nitrogens with one attached hydrogen (secondary N) is 2. The van der Waals surface area contributed by atoms with Crippen molar-refractivity contribution in [1.29, 1.82) is 0 Å². The normalized spacial score (nSPS) is 18.6. The lowest BCUT2D eigenvalue weighted by Gasteiger charge is -2.21. The fraction of sp³-hybridized carbons (Fsp3) is 0.500. The van der Waals surface area contributed by atoms with Gasteiger partial charge >= 0.3 is 0 Å². The van der Waals surface area contributed by atoms with Crippen molar-refractivity contribution in [3.8, 4) is 0 Å². The van der Waals surface area contributed by atoms with Crippen LogP contribution >= 0.6 is 11.8 Å². The topological polar surface area (TPSA) is 92.3 Å². The number of amides is 2. The largest absolute Gasteiger partial charge is 0.326 e. The Labute approximate surface area is 145 Å². The Balaban J connectivity index is 1.68. The van der Waals surface area contributed by atoms with Crippen LogP contribution in [0.2, 0.25) is 0 Å². The number of thioether (sulfide) groups is 1. The summed E-state index contributed by atoms with van der Waals surface area (Å²) < 4.78 is 27.0. The lowest BCUT2D eigenvalue weighted by atomic mass is 9.99. The molecule has 0 radical (unpaired) electrons. The maximum absolute atomic E-state index is 12.4. The number of carbonyl (C=O) groups excluding carboxylic acids is 2. The lowest BCUT2D eigenvalue weighted by molar-refractivity contribution is -0.120. The van der Waals surface area contributed by atoms with E-state index in [1.807, 2.05) is 11.8 Å². The van der Waals surface area contributed by atoms with E-state index in [1.54, 1.807) is 6.07 Å². The summed E-state index contributed by atoms with van der Waals surface area (Å²) >= 11 is 1.87. The molecule has 2 aliphatic rings. The zero-order chi connectivity index (χ0) is 17.2. The van der Waals surface area contributed by atoms with E-state index in [9.17, 15) is 18.0 Å². The van der Waals surface area contributed by atoms with Gasteiger partial charge in [0, 0.05) is 18.5 Å². The average molecular weight is 368 g/mol. The van der Waals surface area contributed by atoms with Crippen LogP contribution in [-0.2, 0) is 26.0 Å². The van der Waals surface area contributed by atoms with Crippen molar-refractivity contribution in [2.75, 3.05) is 16.8 Å². The highest BCUT2D eigenvalue weighted by molar-refractivity contribution is 7.99. The highest BCUT2D eigenvalue weighted by Gasteiger charge is 2.24. The molecule has 0 saturated carbocycles. The minimum absolute atomic E-state index is 0.0601. The van der Waals surface area contributed by atoms with Gasteiger partial charge in [-0.15, -0.1) is 0 Å². The van der Waals surface area contributed by atoms with Crippen LogP contribution in [0.4, 0.5) is 5.69 Å². The molecule has 6 nitrogen and oxygen atoms in total. The van der Waals surface area contributed by atoms with Crippen LogP contribution in [0.3, 0.4) is 0 Å². The summed E-state index contributed by atoms with van der Waals surface area (Å²) in [5, 5.41) is 2.71. The van der Waals surface area contributed by atoms with Crippen LogP contribution in [0.15, 0.2) is 23.1 Å². The zero-order valence-corrected chi connectivity index (χ0v) is 14.8. The summed E-state index contributed by atoms with van der Waals surface area (Å²) in [4.78, 5) is 23.5. The van der Waals surface area contributed by atoms with Crippen molar-refractivity contribution < 1.29 is 18.0 Å². The number of aryl methyl sites for hydroxylation is 1. The molecule has 24 heavy (non-hydrogen) atoms. The van der Waals surface area contributed by atoms with Gasteiger partial charge in [0.15, 0.2) is 0 Å². The van der Waals surface area contributed by atoms with Gasteiger partial charge in [0.2, 0.25) is 11.8 Å². The van der Waals surface area contributed by atoms with Crippen LogP contribution in [0.5, 0.6) is 0 Å². The molecule has 1 aromatic carbocycles. The van der Waals surface area contributed by atoms with Gasteiger partial charge in [0.1, 0.15) is 0 Å². The Kier molecular flexibility index (Phi) is 5.15. The van der Waals surface area contributed by atoms with E-state index in [0.717, 1.165) is 29.9 Å². The molecule has 0 atom stereocenters. The lowest BCUT2D eigenvalue weighted by Crippen LogP contribution is -2.32. The quantitative estimate of drug-likeness (QED) is 0.847. The first-order valence-corrected chi connectivity index (χ1v) is 10.6. The molecule has 2 amide bonds. The molecule has 2 N–H and O–H groups in total. The summed E-state index contributed by atoms with van der Waals surface area (Å²) in [6.45, 7) is 0. The molecule has 1 fully saturated rings. The Bertz CT molecular complexity index is 755. The first-order chi connectivity index (χ1) is 11.4. The Morgan fingerprint density at radius 2 is 2.00 bits per heavy atom. The summed E-state index contributed by atoms with van der Waals surface area (Å²) in [6.07, 6.45) is 2.99. The number of benzene rings is 1. The van der Waals surface area contributed by atoms with E-state index in [4.69, 9.17) is 0 Å². The smallest absolute Gasteiger partial charge is 0.264 e. The number of hydrogen-bond donors (Lipinski definition) is 2. The summed E-state index contributed by atoms with van der Waals surface area (Å²) in [5.41, 5.74) is 1.41. The molecule has 2 aliphatic heterocycles. The Hall–Kier alpha value is -1.54. The van der Waals surface area contributed by atoms with E-state index < -0.39 is 15.9 Å². The third-order valence-corrected chi connectivity index (χ3v) is 6.77. The third-order valence-electron chi connectivity index (χ3n) is 4.35. The summed E-state index contributed by atoms with van der Waals surface area (Å²) in [6, 6.07) is 4.52. The monoisotopic (exact) mass is 368 g/mol. The van der Waals surface area contributed by atoms with E-state index in [2.05, 4.69) is 10.0 Å². The molecular weight excluding hydrogens is 348 g/mol. The van der Waals surface area contributed by atoms with Gasteiger partial charge in [0.05, 0.1) is 4.90 Å². The van der Waals surface area contributed by atoms with E-state index >= 15 is 0 Å². The number of hydrogen-bond acceptors (Lipinski definition) is 5. The minimum atomic E-state index is -3.87. The van der Waals surface area contributed by atoms with Crippen LogP contribution in [0, 0.1) is 5.92 Å². The van der Waals surface area contributed by atoms with Crippen LogP contribution in [-0.4, -0.2) is 31.7 Å². The van der Waals surface area contributed by atoms with Gasteiger partial charge in [-0.05, 0) is 60.4 Å². The van der Waals surface area contributed by atoms with Gasteiger partial charge in [-0.2, -0.15) is 11.8 Å². The van der Waals surface area contributed by atoms with Gasteiger partial charge < -0.3 is 5.32 Å². The van der Waals surface area contributed by atoms with E-state index in [-0.39, 0.29) is 23.1 Å². The van der Waals surface area contributed by atoms with Crippen molar-refractivity contribution in [1.82, 2.24) is 4.72 Å². The number of sulfonamides is 1. The number of carbonyl (C=O) groups is 2. The molecule has 3 rings (SSSR count). The molecule has 8 heteroatoms. The van der Waals surface area contributed by atoms with Crippen molar-refractivity contribution in [2.24, 2.45) is 5.92 Å². The maximum Gasteiger partial charge on any atom is 0.264 e. The maximum atomic E-state index is 12.4. The van der Waals surface area contributed by atoms with Gasteiger partial charge in [-0.25, -0.2) is 13.1 Å². The van der Waals surface area contributed by atoms with Crippen molar-refractivity contribution in [3.63, 3.8) is 0 Å². The Morgan fingerprint density at radius 3 is 2.75 bits per heavy atom. The minimum Gasteiger partial charge on any atom is -0.326 e. The summed E-state index contributed by atoms with van der Waals surface area (Å²) in [7, 11) is -3.87. The molecule has 2 heterocycles. The molecule has 1 aromatic rings. The number of fused-ring (bicyclic) bond motifs is 1. The second kappa shape index (κ2) is 7.14. The van der Waals surface area contributed by atoms with Gasteiger partial charge in [-0.1, -0.05) is 0 Å². The second-order valence-electron chi connectivity index (χ2n) is 6.16. The predicted molar refractivity (Wildman–Crippen MR) is 93.4 cm³/mol. The van der Waals surface area contributed by atoms with Crippen molar-refractivity contribution in [3.05, 3.63) is 23.8 Å². The van der Waals surface area contributed by atoms with Gasteiger partial charge in [0.25, 0.3) is 10.0 Å². The molecule has 0 unspecified atom stereocenters. The van der Waals surface area contributed by atoms with Crippen molar-refractivity contribution >= 4 is 39.3 Å². The fourth-order valence-corrected chi connectivity index (χ4v) is 5.24. The van der Waals surface area contributed by atoms with Gasteiger partial charge in [-0.3, -0.25) is 9.59 Å². The molecular formula is C16H20N2O4S2. The predicted octanol–water partition coefficient (Wildman–Crippen LogP) is 1.91. The van der Waals surface area contributed by atoms with Crippen LogP contribution in [0.25, 0.3) is 0 Å².